The van der Waals surface area contributed by atoms with Crippen LogP contribution >= 0.6 is 23.5 Å². The van der Waals surface area contributed by atoms with Crippen LogP contribution in [-0.2, 0) is 9.59 Å². The molecule has 0 radical (unpaired) electrons. The summed E-state index contributed by atoms with van der Waals surface area (Å²) >= 11 is 3.97. The van der Waals surface area contributed by atoms with Crippen molar-refractivity contribution in [2.75, 3.05) is 24.7 Å². The molecule has 2 N–H and O–H groups in total. The number of primary amides is 1. The van der Waals surface area contributed by atoms with Crippen molar-refractivity contribution in [3.05, 3.63) is 29.8 Å². The fourth-order valence-corrected chi connectivity index (χ4v) is 6.21. The number of thioether (sulfide) groups is 2. The number of likely N-dealkylation sites (tertiary alicyclic amines) is 1. The molecule has 2 fully saturated rings. The summed E-state index contributed by atoms with van der Waals surface area (Å²) in [5.41, 5.74) is 6.70. The van der Waals surface area contributed by atoms with Crippen LogP contribution in [0.4, 0.5) is 0 Å². The second kappa shape index (κ2) is 9.04. The number of hydrogen-bond donors (Lipinski definition) is 1. The number of piperidine rings is 1. The van der Waals surface area contributed by atoms with E-state index in [1.165, 1.54) is 23.5 Å². The molecule has 2 amide bonds. The first-order valence-corrected chi connectivity index (χ1v) is 11.2. The van der Waals surface area contributed by atoms with Crippen molar-refractivity contribution >= 4 is 35.3 Å². The average Bonchev–Trinajstić information content (AvgIpc) is 2.67. The van der Waals surface area contributed by atoms with Crippen LogP contribution in [0.5, 0.6) is 5.75 Å². The van der Waals surface area contributed by atoms with Gasteiger partial charge in [0, 0.05) is 12.6 Å². The summed E-state index contributed by atoms with van der Waals surface area (Å²) in [7, 11) is 0. The van der Waals surface area contributed by atoms with Crippen molar-refractivity contribution in [1.82, 2.24) is 4.90 Å². The Morgan fingerprint density at radius 1 is 1.19 bits per heavy atom. The van der Waals surface area contributed by atoms with E-state index in [1.807, 2.05) is 42.6 Å². The maximum atomic E-state index is 12.5. The Morgan fingerprint density at radius 3 is 2.54 bits per heavy atom. The Hall–Kier alpha value is -1.34. The minimum atomic E-state index is -0.329. The van der Waals surface area contributed by atoms with Gasteiger partial charge in [-0.3, -0.25) is 9.59 Å². The Morgan fingerprint density at radius 2 is 1.88 bits per heavy atom. The van der Waals surface area contributed by atoms with Gasteiger partial charge < -0.3 is 15.4 Å². The van der Waals surface area contributed by atoms with Gasteiger partial charge in [0.05, 0.1) is 10.5 Å². The lowest BCUT2D eigenvalue weighted by Gasteiger charge is -2.36. The normalized spacial score (nSPS) is 24.3. The zero-order chi connectivity index (χ0) is 18.5. The van der Waals surface area contributed by atoms with Crippen LogP contribution < -0.4 is 10.5 Å². The van der Waals surface area contributed by atoms with Crippen molar-refractivity contribution in [2.45, 2.75) is 36.8 Å². The van der Waals surface area contributed by atoms with Crippen molar-refractivity contribution in [1.29, 1.82) is 0 Å². The zero-order valence-corrected chi connectivity index (χ0v) is 16.7. The molecular weight excluding hydrogens is 368 g/mol. The quantitative estimate of drug-likeness (QED) is 0.831. The monoisotopic (exact) mass is 394 g/mol. The van der Waals surface area contributed by atoms with Crippen LogP contribution in [-0.4, -0.2) is 47.4 Å². The van der Waals surface area contributed by atoms with Gasteiger partial charge in [0.2, 0.25) is 5.91 Å². The molecule has 3 rings (SSSR count). The van der Waals surface area contributed by atoms with Gasteiger partial charge in [-0.1, -0.05) is 12.1 Å². The molecule has 2 aliphatic heterocycles. The molecule has 2 atom stereocenters. The van der Waals surface area contributed by atoms with E-state index in [2.05, 4.69) is 12.1 Å². The smallest absolute Gasteiger partial charge is 0.260 e. The van der Waals surface area contributed by atoms with Crippen LogP contribution in [0.2, 0.25) is 0 Å². The fraction of sp³-hybridized carbons (Fsp3) is 0.579. The fourth-order valence-electron chi connectivity index (χ4n) is 3.32. The molecule has 2 heterocycles. The van der Waals surface area contributed by atoms with Crippen LogP contribution in [0.25, 0.3) is 0 Å². The maximum absolute atomic E-state index is 12.5. The number of carbonyl (C=O) groups is 2. The molecule has 0 unspecified atom stereocenters. The summed E-state index contributed by atoms with van der Waals surface area (Å²) in [5.74, 6) is 2.45. The molecule has 26 heavy (non-hydrogen) atoms. The number of ether oxygens (including phenoxy) is 1. The van der Waals surface area contributed by atoms with Crippen LogP contribution in [0.1, 0.15) is 36.3 Å². The molecule has 2 saturated heterocycles. The van der Waals surface area contributed by atoms with Crippen molar-refractivity contribution in [3.63, 3.8) is 0 Å². The Kier molecular flexibility index (Phi) is 6.75. The molecule has 0 bridgehead atoms. The van der Waals surface area contributed by atoms with Gasteiger partial charge in [0.25, 0.3) is 5.91 Å². The Labute approximate surface area is 163 Å². The van der Waals surface area contributed by atoms with Crippen LogP contribution in [0.3, 0.4) is 0 Å². The number of nitrogens with two attached hydrogens (primary N) is 1. The molecule has 0 saturated carbocycles. The first-order valence-electron chi connectivity index (χ1n) is 9.09. The lowest BCUT2D eigenvalue weighted by Crippen LogP contribution is -2.50. The number of carbonyl (C=O) groups excluding carboxylic acids is 2. The van der Waals surface area contributed by atoms with Crippen LogP contribution in [0, 0.1) is 5.92 Å². The third-order valence-electron chi connectivity index (χ3n) is 4.95. The van der Waals surface area contributed by atoms with E-state index >= 15 is 0 Å². The predicted molar refractivity (Wildman–Crippen MR) is 107 cm³/mol. The van der Waals surface area contributed by atoms with E-state index < -0.39 is 0 Å². The number of benzene rings is 1. The number of hydrogen-bond acceptors (Lipinski definition) is 5. The van der Waals surface area contributed by atoms with Crippen LogP contribution in [0.15, 0.2) is 24.3 Å². The van der Waals surface area contributed by atoms with Crippen molar-refractivity contribution in [2.24, 2.45) is 11.7 Å². The van der Waals surface area contributed by atoms with Gasteiger partial charge in [-0.05, 0) is 55.4 Å². The summed E-state index contributed by atoms with van der Waals surface area (Å²) < 4.78 is 6.19. The summed E-state index contributed by atoms with van der Waals surface area (Å²) in [6, 6.07) is 8.16. The molecule has 1 aromatic rings. The van der Waals surface area contributed by atoms with Gasteiger partial charge in [-0.2, -0.15) is 0 Å². The molecule has 0 aromatic heterocycles. The van der Waals surface area contributed by atoms with E-state index in [4.69, 9.17) is 10.5 Å². The highest BCUT2D eigenvalue weighted by Gasteiger charge is 2.31. The highest BCUT2D eigenvalue weighted by atomic mass is 32.2. The minimum absolute atomic E-state index is 0.0118. The number of nitrogens with zero attached hydrogens (tertiary/aromatic N) is 1. The lowest BCUT2D eigenvalue weighted by atomic mass is 9.93. The largest absolute Gasteiger partial charge is 0.484 e. The van der Waals surface area contributed by atoms with E-state index in [0.29, 0.717) is 16.9 Å². The predicted octanol–water partition coefficient (Wildman–Crippen LogP) is 3.05. The summed E-state index contributed by atoms with van der Waals surface area (Å²) in [5, 5.41) is 0. The number of rotatable bonds is 5. The molecule has 142 valence electrons. The topological polar surface area (TPSA) is 72.6 Å². The molecule has 2 aliphatic rings. The highest BCUT2D eigenvalue weighted by molar-refractivity contribution is 8.16. The maximum Gasteiger partial charge on any atom is 0.260 e. The van der Waals surface area contributed by atoms with E-state index in [-0.39, 0.29) is 30.4 Å². The summed E-state index contributed by atoms with van der Waals surface area (Å²) in [6.45, 7) is 2.39. The molecule has 5 nitrogen and oxygen atoms in total. The van der Waals surface area contributed by atoms with Crippen molar-refractivity contribution in [3.8, 4) is 5.75 Å². The average molecular weight is 395 g/mol. The third-order valence-corrected chi connectivity index (χ3v) is 7.96. The molecule has 0 spiro atoms. The Bertz CT molecular complexity index is 632. The zero-order valence-electron chi connectivity index (χ0n) is 15.1. The van der Waals surface area contributed by atoms with Gasteiger partial charge >= 0.3 is 0 Å². The van der Waals surface area contributed by atoms with E-state index in [0.717, 1.165) is 12.8 Å². The van der Waals surface area contributed by atoms with Gasteiger partial charge in [-0.15, -0.1) is 23.5 Å². The first-order chi connectivity index (χ1) is 12.5. The second-order valence-corrected chi connectivity index (χ2v) is 9.58. The first kappa shape index (κ1) is 19.4. The van der Waals surface area contributed by atoms with E-state index in [1.54, 1.807) is 4.90 Å². The Balaban J connectivity index is 1.52. The highest BCUT2D eigenvalue weighted by Crippen LogP contribution is 2.43. The molecular formula is C19H26N2O3S2. The summed E-state index contributed by atoms with van der Waals surface area (Å²) in [6.07, 6.45) is 2.82. The third kappa shape index (κ3) is 4.88. The molecule has 0 aliphatic carbocycles. The number of amides is 2. The van der Waals surface area contributed by atoms with Gasteiger partial charge in [0.1, 0.15) is 5.75 Å². The molecule has 7 heteroatoms. The second-order valence-electron chi connectivity index (χ2n) is 6.86. The standard InChI is InChI=1S/C19H26N2O3S2/c1-13-3-4-15(18(20)23)11-21(13)17(22)12-24-16-7-5-14(6-8-16)19-25-9-2-10-26-19/h5-8,13,15,19H,2-4,9-12H2,1H3,(H2,20,23)/t13-,15-/m0/s1. The molecule has 1 aromatic carbocycles. The van der Waals surface area contributed by atoms with Gasteiger partial charge in [-0.25, -0.2) is 0 Å². The van der Waals surface area contributed by atoms with E-state index in [9.17, 15) is 9.59 Å². The van der Waals surface area contributed by atoms with Crippen molar-refractivity contribution < 1.29 is 14.3 Å². The SMILES string of the molecule is C[C@H]1CC[C@H](C(N)=O)CN1C(=O)COc1ccc(C2SCCCS2)cc1. The minimum Gasteiger partial charge on any atom is -0.484 e. The lowest BCUT2D eigenvalue weighted by molar-refractivity contribution is -0.139. The van der Waals surface area contributed by atoms with Gasteiger partial charge in [0.15, 0.2) is 6.61 Å². The summed E-state index contributed by atoms with van der Waals surface area (Å²) in [4.78, 5) is 25.7.